The average molecular weight is 230 g/mol. The first-order valence-corrected chi connectivity index (χ1v) is 5.57. The van der Waals surface area contributed by atoms with Crippen LogP contribution in [0.25, 0.3) is 11.6 Å². The molecular formula is C13H14N2O2. The number of imidazole rings is 1. The third-order valence-electron chi connectivity index (χ3n) is 2.53. The number of carbonyl (C=O) groups is 1. The molecule has 0 unspecified atom stereocenters. The zero-order valence-corrected chi connectivity index (χ0v) is 9.41. The van der Waals surface area contributed by atoms with Crippen LogP contribution in [-0.4, -0.2) is 20.5 Å². The van der Waals surface area contributed by atoms with E-state index in [9.17, 15) is 4.79 Å². The number of hydrogen-bond donors (Lipinski definition) is 1. The number of hydrogen-bond acceptors (Lipinski definition) is 2. The summed E-state index contributed by atoms with van der Waals surface area (Å²) in [6.07, 6.45) is 9.24. The standard InChI is InChI=1S/C13H14N2O2/c16-13(17)8-3-1-2-5-11-6-4-7-12-9-14-10-15(11)12/h2,4-7,9-10H,1,3,8H2,(H,16,17)/b5-2+. The number of carboxylic acid groups (broad SMARTS) is 1. The van der Waals surface area contributed by atoms with Gasteiger partial charge in [0.1, 0.15) is 0 Å². The summed E-state index contributed by atoms with van der Waals surface area (Å²) in [7, 11) is 0. The summed E-state index contributed by atoms with van der Waals surface area (Å²) in [6.45, 7) is 0. The lowest BCUT2D eigenvalue weighted by Gasteiger charge is -1.99. The molecule has 0 saturated heterocycles. The van der Waals surface area contributed by atoms with Crippen LogP contribution in [0.3, 0.4) is 0 Å². The summed E-state index contributed by atoms with van der Waals surface area (Å²) < 4.78 is 1.99. The van der Waals surface area contributed by atoms with Crippen molar-refractivity contribution in [2.24, 2.45) is 0 Å². The van der Waals surface area contributed by atoms with Crippen LogP contribution in [0.2, 0.25) is 0 Å². The second kappa shape index (κ2) is 5.30. The number of carboxylic acids is 1. The molecule has 0 spiro atoms. The van der Waals surface area contributed by atoms with Crippen molar-refractivity contribution in [3.05, 3.63) is 42.5 Å². The van der Waals surface area contributed by atoms with Crippen LogP contribution in [-0.2, 0) is 4.79 Å². The van der Waals surface area contributed by atoms with Gasteiger partial charge < -0.3 is 5.11 Å². The summed E-state index contributed by atoms with van der Waals surface area (Å²) in [5, 5.41) is 8.51. The monoisotopic (exact) mass is 230 g/mol. The largest absolute Gasteiger partial charge is 0.481 e. The van der Waals surface area contributed by atoms with Gasteiger partial charge in [-0.15, -0.1) is 0 Å². The number of aromatic nitrogens is 2. The molecule has 1 N–H and O–H groups in total. The Hall–Kier alpha value is -2.10. The third-order valence-corrected chi connectivity index (χ3v) is 2.53. The van der Waals surface area contributed by atoms with Gasteiger partial charge in [0.15, 0.2) is 0 Å². The lowest BCUT2D eigenvalue weighted by molar-refractivity contribution is -0.137. The molecule has 2 heterocycles. The van der Waals surface area contributed by atoms with E-state index in [1.165, 1.54) is 0 Å². The van der Waals surface area contributed by atoms with Crippen LogP contribution in [0.5, 0.6) is 0 Å². The molecule has 4 nitrogen and oxygen atoms in total. The molecule has 0 bridgehead atoms. The number of fused-ring (bicyclic) bond motifs is 1. The van der Waals surface area contributed by atoms with Crippen molar-refractivity contribution in [2.75, 3.05) is 0 Å². The van der Waals surface area contributed by atoms with E-state index < -0.39 is 5.97 Å². The van der Waals surface area contributed by atoms with Gasteiger partial charge in [0, 0.05) is 12.1 Å². The molecule has 4 heteroatoms. The predicted molar refractivity (Wildman–Crippen MR) is 65.7 cm³/mol. The minimum absolute atomic E-state index is 0.222. The maximum atomic E-state index is 10.3. The highest BCUT2D eigenvalue weighted by Gasteiger charge is 1.96. The van der Waals surface area contributed by atoms with Gasteiger partial charge in [-0.1, -0.05) is 12.1 Å². The van der Waals surface area contributed by atoms with Crippen LogP contribution in [0, 0.1) is 0 Å². The topological polar surface area (TPSA) is 54.6 Å². The van der Waals surface area contributed by atoms with Gasteiger partial charge in [-0.2, -0.15) is 0 Å². The minimum atomic E-state index is -0.741. The van der Waals surface area contributed by atoms with E-state index >= 15 is 0 Å². The molecule has 2 aromatic heterocycles. The number of aliphatic carboxylic acids is 1. The minimum Gasteiger partial charge on any atom is -0.481 e. The van der Waals surface area contributed by atoms with Crippen LogP contribution >= 0.6 is 0 Å². The van der Waals surface area contributed by atoms with Crippen molar-refractivity contribution in [1.82, 2.24) is 9.38 Å². The Morgan fingerprint density at radius 3 is 3.18 bits per heavy atom. The third kappa shape index (κ3) is 2.93. The van der Waals surface area contributed by atoms with E-state index in [2.05, 4.69) is 4.98 Å². The van der Waals surface area contributed by atoms with E-state index in [-0.39, 0.29) is 6.42 Å². The maximum Gasteiger partial charge on any atom is 0.303 e. The summed E-state index contributed by atoms with van der Waals surface area (Å²) in [4.78, 5) is 14.4. The van der Waals surface area contributed by atoms with Crippen molar-refractivity contribution in [3.8, 4) is 0 Å². The van der Waals surface area contributed by atoms with Gasteiger partial charge in [-0.05, 0) is 31.1 Å². The molecule has 0 aromatic carbocycles. The van der Waals surface area contributed by atoms with Crippen molar-refractivity contribution >= 4 is 17.6 Å². The normalized spacial score (nSPS) is 11.3. The summed E-state index contributed by atoms with van der Waals surface area (Å²) in [5.41, 5.74) is 2.10. The van der Waals surface area contributed by atoms with Crippen LogP contribution in [0.4, 0.5) is 0 Å². The first-order chi connectivity index (χ1) is 8.27. The van der Waals surface area contributed by atoms with Gasteiger partial charge in [0.25, 0.3) is 0 Å². The second-order valence-electron chi connectivity index (χ2n) is 3.83. The van der Waals surface area contributed by atoms with Crippen LogP contribution in [0.15, 0.2) is 36.8 Å². The molecule has 0 aliphatic carbocycles. The fourth-order valence-electron chi connectivity index (χ4n) is 1.68. The molecule has 2 rings (SSSR count). The molecule has 17 heavy (non-hydrogen) atoms. The molecule has 88 valence electrons. The Labute approximate surface area is 99.2 Å². The number of pyridine rings is 1. The Balaban J connectivity index is 2.00. The molecule has 0 fully saturated rings. The smallest absolute Gasteiger partial charge is 0.303 e. The van der Waals surface area contributed by atoms with Gasteiger partial charge in [0.05, 0.1) is 18.0 Å². The van der Waals surface area contributed by atoms with Crippen molar-refractivity contribution in [2.45, 2.75) is 19.3 Å². The van der Waals surface area contributed by atoms with Gasteiger partial charge >= 0.3 is 5.97 Å². The molecule has 0 radical (unpaired) electrons. The fraction of sp³-hybridized carbons (Fsp3) is 0.231. The van der Waals surface area contributed by atoms with Crippen LogP contribution in [0.1, 0.15) is 25.0 Å². The van der Waals surface area contributed by atoms with E-state index in [1.54, 1.807) is 6.33 Å². The van der Waals surface area contributed by atoms with E-state index in [0.717, 1.165) is 17.6 Å². The van der Waals surface area contributed by atoms with Gasteiger partial charge in [0.2, 0.25) is 0 Å². The van der Waals surface area contributed by atoms with Crippen molar-refractivity contribution < 1.29 is 9.90 Å². The lowest BCUT2D eigenvalue weighted by Crippen LogP contribution is -1.92. The number of rotatable bonds is 5. The Bertz CT molecular complexity index is 543. The van der Waals surface area contributed by atoms with Crippen LogP contribution < -0.4 is 0 Å². The predicted octanol–water partition coefficient (Wildman–Crippen LogP) is 2.60. The maximum absolute atomic E-state index is 10.3. The number of unbranched alkanes of at least 4 members (excludes halogenated alkanes) is 1. The SMILES string of the molecule is O=C(O)CCC/C=C/c1cccc2cncn12. The number of nitrogens with zero attached hydrogens (tertiary/aromatic N) is 2. The molecule has 0 amide bonds. The zero-order valence-electron chi connectivity index (χ0n) is 9.41. The first-order valence-electron chi connectivity index (χ1n) is 5.57. The van der Waals surface area contributed by atoms with Crippen molar-refractivity contribution in [3.63, 3.8) is 0 Å². The Morgan fingerprint density at radius 2 is 2.35 bits per heavy atom. The van der Waals surface area contributed by atoms with E-state index in [0.29, 0.717) is 6.42 Å². The summed E-state index contributed by atoms with van der Waals surface area (Å²) in [5.74, 6) is -0.741. The highest BCUT2D eigenvalue weighted by molar-refractivity contribution is 5.66. The summed E-state index contributed by atoms with van der Waals surface area (Å²) >= 11 is 0. The lowest BCUT2D eigenvalue weighted by atomic mass is 10.2. The quantitative estimate of drug-likeness (QED) is 0.803. The molecule has 0 saturated carbocycles. The molecule has 0 atom stereocenters. The zero-order chi connectivity index (χ0) is 12.1. The second-order valence-corrected chi connectivity index (χ2v) is 3.83. The van der Waals surface area contributed by atoms with Gasteiger partial charge in [-0.25, -0.2) is 4.98 Å². The first kappa shape index (κ1) is 11.4. The van der Waals surface area contributed by atoms with E-state index in [1.807, 2.05) is 40.9 Å². The molecule has 2 aromatic rings. The number of allylic oxidation sites excluding steroid dienone is 1. The molecule has 0 aliphatic rings. The summed E-state index contributed by atoms with van der Waals surface area (Å²) in [6, 6.07) is 5.98. The Kier molecular flexibility index (Phi) is 3.55. The van der Waals surface area contributed by atoms with E-state index in [4.69, 9.17) is 5.11 Å². The molecule has 0 aliphatic heterocycles. The molecular weight excluding hydrogens is 216 g/mol. The highest BCUT2D eigenvalue weighted by atomic mass is 16.4. The van der Waals surface area contributed by atoms with Crippen molar-refractivity contribution in [1.29, 1.82) is 0 Å². The fourth-order valence-corrected chi connectivity index (χ4v) is 1.68. The Morgan fingerprint density at radius 1 is 1.47 bits per heavy atom. The highest BCUT2D eigenvalue weighted by Crippen LogP contribution is 2.09. The van der Waals surface area contributed by atoms with Gasteiger partial charge in [-0.3, -0.25) is 9.20 Å². The average Bonchev–Trinajstić information content (AvgIpc) is 2.77.